The highest BCUT2D eigenvalue weighted by Gasteiger charge is 2.08. The van der Waals surface area contributed by atoms with Crippen molar-refractivity contribution in [2.75, 3.05) is 26.9 Å². The molecule has 0 aliphatic heterocycles. The molecule has 0 aliphatic carbocycles. The Labute approximate surface area is 100 Å². The number of carbonyl (C=O) groups excluding carboxylic acids is 1. The summed E-state index contributed by atoms with van der Waals surface area (Å²) in [6.45, 7) is 5.80. The van der Waals surface area contributed by atoms with Crippen LogP contribution in [0.15, 0.2) is 0 Å². The van der Waals surface area contributed by atoms with E-state index in [1.54, 1.807) is 7.11 Å². The minimum Gasteiger partial charge on any atom is -0.447 e. The molecule has 0 radical (unpaired) electrons. The summed E-state index contributed by atoms with van der Waals surface area (Å²) >= 11 is 0. The van der Waals surface area contributed by atoms with Crippen molar-refractivity contribution in [2.45, 2.75) is 39.5 Å². The molecule has 4 heteroatoms. The van der Waals surface area contributed by atoms with Crippen molar-refractivity contribution >= 4 is 6.09 Å². The van der Waals surface area contributed by atoms with Gasteiger partial charge in [-0.15, -0.1) is 0 Å². The van der Waals surface area contributed by atoms with Gasteiger partial charge in [-0.25, -0.2) is 4.79 Å². The zero-order valence-corrected chi connectivity index (χ0v) is 10.8. The molecule has 0 saturated heterocycles. The number of nitrogens with one attached hydrogen (secondary N) is 1. The lowest BCUT2D eigenvalue weighted by molar-refractivity contribution is 0.0976. The number of rotatable bonds is 9. The zero-order valence-electron chi connectivity index (χ0n) is 10.8. The molecule has 0 aromatic carbocycles. The molecule has 1 atom stereocenters. The van der Waals surface area contributed by atoms with Gasteiger partial charge in [0.05, 0.1) is 6.61 Å². The van der Waals surface area contributed by atoms with Crippen molar-refractivity contribution < 1.29 is 15.7 Å². The summed E-state index contributed by atoms with van der Waals surface area (Å²) < 4.78 is 9.69. The van der Waals surface area contributed by atoms with Gasteiger partial charge >= 0.3 is 6.09 Å². The quantitative estimate of drug-likeness (QED) is 0.623. The molecule has 0 unspecified atom stereocenters. The molecule has 0 aliphatic rings. The molecule has 4 nitrogen and oxygen atoms in total. The smallest absolute Gasteiger partial charge is 0.407 e. The van der Waals surface area contributed by atoms with E-state index in [9.17, 15) is 4.79 Å². The Balaban J connectivity index is 0. The highest BCUT2D eigenvalue weighted by Crippen LogP contribution is 2.11. The average Bonchev–Trinajstić information content (AvgIpc) is 2.30. The largest absolute Gasteiger partial charge is 0.447 e. The van der Waals surface area contributed by atoms with Crippen LogP contribution < -0.4 is 5.32 Å². The number of unbranched alkanes of at least 4 members (excludes halogenated alkanes) is 1. The van der Waals surface area contributed by atoms with Crippen molar-refractivity contribution in [3.8, 4) is 0 Å². The topological polar surface area (TPSA) is 47.6 Å². The summed E-state index contributed by atoms with van der Waals surface area (Å²) in [5, 5.41) is 2.78. The fraction of sp³-hybridized carbons (Fsp3) is 0.917. The number of carbonyl (C=O) groups is 1. The fourth-order valence-corrected chi connectivity index (χ4v) is 1.44. The van der Waals surface area contributed by atoms with Gasteiger partial charge in [0.1, 0.15) is 6.61 Å². The SMILES string of the molecule is CCCC[C@H](CC)CNC(=O)OCCOC.[HH]. The van der Waals surface area contributed by atoms with Crippen LogP contribution in [0, 0.1) is 5.92 Å². The zero-order chi connectivity index (χ0) is 12.2. The van der Waals surface area contributed by atoms with Crippen molar-refractivity contribution in [3.63, 3.8) is 0 Å². The number of alkyl carbamates (subject to hydrolysis) is 1. The van der Waals surface area contributed by atoms with Gasteiger partial charge in [-0.2, -0.15) is 0 Å². The second-order valence-electron chi connectivity index (χ2n) is 3.93. The van der Waals surface area contributed by atoms with Crippen LogP contribution >= 0.6 is 0 Å². The predicted octanol–water partition coefficient (Wildman–Crippen LogP) is 2.82. The van der Waals surface area contributed by atoms with Crippen LogP contribution in [0.2, 0.25) is 0 Å². The molecule has 0 aromatic heterocycles. The van der Waals surface area contributed by atoms with Gasteiger partial charge in [0, 0.05) is 15.1 Å². The highest BCUT2D eigenvalue weighted by atomic mass is 16.6. The van der Waals surface area contributed by atoms with Crippen LogP contribution in [0.3, 0.4) is 0 Å². The van der Waals surface area contributed by atoms with Gasteiger partial charge in [0.2, 0.25) is 0 Å². The first-order chi connectivity index (χ1) is 7.74. The summed E-state index contributed by atoms with van der Waals surface area (Å²) in [6.07, 6.45) is 4.35. The molecular formula is C12H27NO3. The molecule has 1 N–H and O–H groups in total. The Morgan fingerprint density at radius 2 is 2.12 bits per heavy atom. The van der Waals surface area contributed by atoms with Crippen molar-refractivity contribution in [1.29, 1.82) is 0 Å². The van der Waals surface area contributed by atoms with E-state index in [1.165, 1.54) is 19.3 Å². The van der Waals surface area contributed by atoms with Gasteiger partial charge in [-0.05, 0) is 12.3 Å². The van der Waals surface area contributed by atoms with E-state index >= 15 is 0 Å². The minimum atomic E-state index is -0.341. The molecule has 0 spiro atoms. The number of hydrogen-bond donors (Lipinski definition) is 1. The molecular weight excluding hydrogens is 206 g/mol. The minimum absolute atomic E-state index is 0. The molecule has 0 heterocycles. The lowest BCUT2D eigenvalue weighted by Crippen LogP contribution is -2.30. The van der Waals surface area contributed by atoms with Gasteiger partial charge in [-0.3, -0.25) is 0 Å². The first-order valence-corrected chi connectivity index (χ1v) is 6.14. The molecule has 0 bridgehead atoms. The predicted molar refractivity (Wildman–Crippen MR) is 66.6 cm³/mol. The molecule has 0 aromatic rings. The van der Waals surface area contributed by atoms with Crippen LogP contribution in [-0.2, 0) is 9.47 Å². The Morgan fingerprint density at radius 1 is 1.38 bits per heavy atom. The van der Waals surface area contributed by atoms with Crippen LogP contribution in [-0.4, -0.2) is 33.0 Å². The molecule has 0 rings (SSSR count). The monoisotopic (exact) mass is 233 g/mol. The van der Waals surface area contributed by atoms with E-state index in [0.29, 0.717) is 25.7 Å². The van der Waals surface area contributed by atoms with Gasteiger partial charge in [0.25, 0.3) is 0 Å². The standard InChI is InChI=1S/C12H25NO3.H2/c1-4-6-7-11(5-2)10-13-12(14)16-9-8-15-3;/h11H,4-10H2,1-3H3,(H,13,14);1H/t11-;/m0./s1. The molecule has 0 saturated carbocycles. The molecule has 1 amide bonds. The molecule has 16 heavy (non-hydrogen) atoms. The number of methoxy groups -OCH3 is 1. The van der Waals surface area contributed by atoms with E-state index in [1.807, 2.05) is 0 Å². The Bertz CT molecular complexity index is 179. The van der Waals surface area contributed by atoms with Gasteiger partial charge < -0.3 is 14.8 Å². The second kappa shape index (κ2) is 10.7. The van der Waals surface area contributed by atoms with Gasteiger partial charge in [0.15, 0.2) is 0 Å². The third-order valence-electron chi connectivity index (χ3n) is 2.60. The van der Waals surface area contributed by atoms with E-state index < -0.39 is 0 Å². The number of ether oxygens (including phenoxy) is 2. The summed E-state index contributed by atoms with van der Waals surface area (Å²) in [7, 11) is 1.58. The third-order valence-corrected chi connectivity index (χ3v) is 2.60. The molecule has 98 valence electrons. The van der Waals surface area contributed by atoms with Crippen molar-refractivity contribution in [3.05, 3.63) is 0 Å². The summed E-state index contributed by atoms with van der Waals surface area (Å²) in [5.74, 6) is 0.565. The lowest BCUT2D eigenvalue weighted by Gasteiger charge is -2.15. The first kappa shape index (κ1) is 15.2. The van der Waals surface area contributed by atoms with E-state index in [4.69, 9.17) is 9.47 Å². The third kappa shape index (κ3) is 8.53. The maximum atomic E-state index is 11.2. The summed E-state index contributed by atoms with van der Waals surface area (Å²) in [6, 6.07) is 0. The average molecular weight is 233 g/mol. The van der Waals surface area contributed by atoms with Gasteiger partial charge in [-0.1, -0.05) is 33.1 Å². The number of hydrogen-bond acceptors (Lipinski definition) is 3. The van der Waals surface area contributed by atoms with Crippen LogP contribution in [0.25, 0.3) is 0 Å². The lowest BCUT2D eigenvalue weighted by atomic mass is 10.00. The van der Waals surface area contributed by atoms with Crippen molar-refractivity contribution in [2.24, 2.45) is 5.92 Å². The first-order valence-electron chi connectivity index (χ1n) is 6.14. The van der Waals surface area contributed by atoms with Crippen LogP contribution in [0.1, 0.15) is 41.0 Å². The van der Waals surface area contributed by atoms with Crippen LogP contribution in [0.5, 0.6) is 0 Å². The van der Waals surface area contributed by atoms with E-state index in [-0.39, 0.29) is 7.52 Å². The van der Waals surface area contributed by atoms with Crippen molar-refractivity contribution in [1.82, 2.24) is 5.32 Å². The summed E-state index contributed by atoms with van der Waals surface area (Å²) in [4.78, 5) is 11.2. The fourth-order valence-electron chi connectivity index (χ4n) is 1.44. The second-order valence-corrected chi connectivity index (χ2v) is 3.93. The normalized spacial score (nSPS) is 12.2. The van der Waals surface area contributed by atoms with Crippen LogP contribution in [0.4, 0.5) is 4.79 Å². The highest BCUT2D eigenvalue weighted by molar-refractivity contribution is 5.67. The Kier molecular flexibility index (Phi) is 10.2. The Hall–Kier alpha value is -0.770. The summed E-state index contributed by atoms with van der Waals surface area (Å²) in [5.41, 5.74) is 0. The number of amides is 1. The maximum absolute atomic E-state index is 11.2. The Morgan fingerprint density at radius 3 is 2.69 bits per heavy atom. The van der Waals surface area contributed by atoms with E-state index in [2.05, 4.69) is 19.2 Å². The maximum Gasteiger partial charge on any atom is 0.407 e. The van der Waals surface area contributed by atoms with E-state index in [0.717, 1.165) is 6.42 Å². The molecule has 0 fully saturated rings.